The molecule has 0 unspecified atom stereocenters. The largest absolute Gasteiger partial charge is 0.464 e. The van der Waals surface area contributed by atoms with Crippen LogP contribution < -0.4 is 5.32 Å². The molecule has 2 aromatic heterocycles. The number of rotatable bonds is 9. The second-order valence-electron chi connectivity index (χ2n) is 5.52. The first-order valence-corrected chi connectivity index (χ1v) is 8.98. The van der Waals surface area contributed by atoms with E-state index in [2.05, 4.69) is 22.5 Å². The molecule has 0 fully saturated rings. The Morgan fingerprint density at radius 3 is 2.60 bits per heavy atom. The van der Waals surface area contributed by atoms with Crippen molar-refractivity contribution in [2.24, 2.45) is 0 Å². The molecular weight excluding hydrogens is 344 g/mol. The van der Waals surface area contributed by atoms with E-state index in [1.807, 2.05) is 35.1 Å². The monoisotopic (exact) mass is 363 g/mol. The summed E-state index contributed by atoms with van der Waals surface area (Å²) in [5.74, 6) is -0.877. The topological polar surface area (TPSA) is 43.0 Å². The van der Waals surface area contributed by atoms with Crippen molar-refractivity contribution in [1.29, 1.82) is 0 Å². The Morgan fingerprint density at radius 1 is 1.04 bits per heavy atom. The predicted octanol–water partition coefficient (Wildman–Crippen LogP) is 4.27. The summed E-state index contributed by atoms with van der Waals surface area (Å²) >= 11 is 0.566. The predicted molar refractivity (Wildman–Crippen MR) is 94.3 cm³/mol. The van der Waals surface area contributed by atoms with Crippen molar-refractivity contribution in [1.82, 2.24) is 15.1 Å². The van der Waals surface area contributed by atoms with E-state index in [0.717, 1.165) is 12.3 Å². The first-order chi connectivity index (χ1) is 12.2. The van der Waals surface area contributed by atoms with E-state index in [-0.39, 0.29) is 5.75 Å². The summed E-state index contributed by atoms with van der Waals surface area (Å²) in [5, 5.41) is 7.58. The highest BCUT2D eigenvalue weighted by atomic mass is 32.2. The lowest BCUT2D eigenvalue weighted by atomic mass is 10.1. The van der Waals surface area contributed by atoms with E-state index in [4.69, 9.17) is 4.42 Å². The average molecular weight is 363 g/mol. The van der Waals surface area contributed by atoms with E-state index in [9.17, 15) is 8.78 Å². The fourth-order valence-corrected chi connectivity index (χ4v) is 2.96. The Bertz CT molecular complexity index is 774. The number of furan rings is 1. The van der Waals surface area contributed by atoms with Crippen molar-refractivity contribution in [2.45, 2.75) is 31.1 Å². The van der Waals surface area contributed by atoms with Crippen LogP contribution in [0.25, 0.3) is 0 Å². The lowest BCUT2D eigenvalue weighted by molar-refractivity contribution is 0.251. The standard InChI is InChI=1S/C18H19F2N3OS/c19-18(20)25-13-17-7-6-16(24-17)11-21-10-14-4-1-2-5-15(14)12-23-9-3-8-22-23/h1-9,18,21H,10-13H2. The Morgan fingerprint density at radius 2 is 1.84 bits per heavy atom. The van der Waals surface area contributed by atoms with Crippen LogP contribution in [-0.4, -0.2) is 15.5 Å². The van der Waals surface area contributed by atoms with Crippen LogP contribution in [0.1, 0.15) is 22.6 Å². The number of aromatic nitrogens is 2. The molecular formula is C18H19F2N3OS. The summed E-state index contributed by atoms with van der Waals surface area (Å²) in [6, 6.07) is 13.7. The zero-order valence-electron chi connectivity index (χ0n) is 13.6. The van der Waals surface area contributed by atoms with Gasteiger partial charge in [-0.3, -0.25) is 4.68 Å². The summed E-state index contributed by atoms with van der Waals surface area (Å²) < 4.78 is 31.8. The summed E-state index contributed by atoms with van der Waals surface area (Å²) in [5.41, 5.74) is 2.39. The molecule has 0 radical (unpaired) electrons. The van der Waals surface area contributed by atoms with Gasteiger partial charge in [0.15, 0.2) is 0 Å². The number of hydrogen-bond acceptors (Lipinski definition) is 4. The van der Waals surface area contributed by atoms with Crippen molar-refractivity contribution in [3.05, 3.63) is 77.5 Å². The first kappa shape index (κ1) is 17.7. The number of thioether (sulfide) groups is 1. The second-order valence-corrected chi connectivity index (χ2v) is 6.49. The van der Waals surface area contributed by atoms with Gasteiger partial charge in [-0.1, -0.05) is 36.0 Å². The molecule has 0 atom stereocenters. The molecule has 0 spiro atoms. The van der Waals surface area contributed by atoms with Gasteiger partial charge in [0.2, 0.25) is 0 Å². The minimum Gasteiger partial charge on any atom is -0.464 e. The molecule has 4 nitrogen and oxygen atoms in total. The summed E-state index contributed by atoms with van der Waals surface area (Å²) in [7, 11) is 0. The molecule has 0 bridgehead atoms. The third-order valence-corrected chi connectivity index (χ3v) is 4.40. The highest BCUT2D eigenvalue weighted by Crippen LogP contribution is 2.21. The van der Waals surface area contributed by atoms with Gasteiger partial charge in [-0.25, -0.2) is 0 Å². The normalized spacial score (nSPS) is 11.3. The molecule has 25 heavy (non-hydrogen) atoms. The van der Waals surface area contributed by atoms with Gasteiger partial charge >= 0.3 is 0 Å². The zero-order chi connectivity index (χ0) is 17.5. The Balaban J connectivity index is 1.52. The molecule has 1 N–H and O–H groups in total. The van der Waals surface area contributed by atoms with Crippen LogP contribution in [0.2, 0.25) is 0 Å². The number of halogens is 2. The highest BCUT2D eigenvalue weighted by Gasteiger charge is 2.08. The molecule has 7 heteroatoms. The van der Waals surface area contributed by atoms with E-state index in [0.29, 0.717) is 30.6 Å². The zero-order valence-corrected chi connectivity index (χ0v) is 14.4. The van der Waals surface area contributed by atoms with Crippen LogP contribution in [0.15, 0.2) is 59.3 Å². The highest BCUT2D eigenvalue weighted by molar-refractivity contribution is 7.98. The van der Waals surface area contributed by atoms with Gasteiger partial charge in [0.05, 0.1) is 18.8 Å². The molecule has 0 aliphatic heterocycles. The van der Waals surface area contributed by atoms with Gasteiger partial charge in [0.1, 0.15) is 11.5 Å². The Hall–Kier alpha value is -2.12. The van der Waals surface area contributed by atoms with E-state index in [1.54, 1.807) is 12.3 Å². The molecule has 3 rings (SSSR count). The smallest absolute Gasteiger partial charge is 0.284 e. The van der Waals surface area contributed by atoms with Crippen LogP contribution in [0.4, 0.5) is 8.78 Å². The van der Waals surface area contributed by atoms with Gasteiger partial charge in [0, 0.05) is 18.9 Å². The van der Waals surface area contributed by atoms with Crippen molar-refractivity contribution >= 4 is 11.8 Å². The Kier molecular flexibility index (Phi) is 6.25. The molecule has 132 valence electrons. The van der Waals surface area contributed by atoms with E-state index < -0.39 is 5.76 Å². The van der Waals surface area contributed by atoms with E-state index >= 15 is 0 Å². The SMILES string of the molecule is FC(F)SCc1ccc(CNCc2ccccc2Cn2cccn2)o1. The maximum Gasteiger partial charge on any atom is 0.284 e. The van der Waals surface area contributed by atoms with Crippen LogP contribution in [0, 0.1) is 0 Å². The summed E-state index contributed by atoms with van der Waals surface area (Å²) in [4.78, 5) is 0. The van der Waals surface area contributed by atoms with Gasteiger partial charge in [-0.05, 0) is 29.3 Å². The maximum atomic E-state index is 12.2. The van der Waals surface area contributed by atoms with Crippen LogP contribution in [0.5, 0.6) is 0 Å². The molecule has 1 aromatic carbocycles. The van der Waals surface area contributed by atoms with Crippen molar-refractivity contribution in [2.75, 3.05) is 0 Å². The van der Waals surface area contributed by atoms with E-state index in [1.165, 1.54) is 11.1 Å². The number of hydrogen-bond donors (Lipinski definition) is 1. The quantitative estimate of drug-likeness (QED) is 0.617. The molecule has 0 saturated heterocycles. The third-order valence-electron chi connectivity index (χ3n) is 3.69. The number of alkyl halides is 2. The maximum absolute atomic E-state index is 12.2. The molecule has 0 amide bonds. The van der Waals surface area contributed by atoms with Gasteiger partial charge < -0.3 is 9.73 Å². The van der Waals surface area contributed by atoms with Gasteiger partial charge in [-0.15, -0.1) is 0 Å². The number of nitrogens with one attached hydrogen (secondary N) is 1. The van der Waals surface area contributed by atoms with Crippen molar-refractivity contribution < 1.29 is 13.2 Å². The lowest BCUT2D eigenvalue weighted by Crippen LogP contribution is -2.14. The molecule has 2 heterocycles. The molecule has 3 aromatic rings. The second kappa shape index (κ2) is 8.82. The van der Waals surface area contributed by atoms with Crippen molar-refractivity contribution in [3.8, 4) is 0 Å². The fraction of sp³-hybridized carbons (Fsp3) is 0.278. The van der Waals surface area contributed by atoms with Crippen LogP contribution in [0.3, 0.4) is 0 Å². The Labute approximate surface area is 149 Å². The summed E-state index contributed by atoms with van der Waals surface area (Å²) in [6.07, 6.45) is 3.70. The fourth-order valence-electron chi connectivity index (χ4n) is 2.51. The molecule has 0 saturated carbocycles. The molecule has 0 aliphatic carbocycles. The van der Waals surface area contributed by atoms with Gasteiger partial charge in [-0.2, -0.15) is 13.9 Å². The van der Waals surface area contributed by atoms with Crippen LogP contribution >= 0.6 is 11.8 Å². The minimum absolute atomic E-state index is 0.185. The van der Waals surface area contributed by atoms with Crippen molar-refractivity contribution in [3.63, 3.8) is 0 Å². The molecule has 0 aliphatic rings. The number of nitrogens with zero attached hydrogens (tertiary/aromatic N) is 2. The third kappa shape index (κ3) is 5.44. The first-order valence-electron chi connectivity index (χ1n) is 7.93. The number of benzene rings is 1. The summed E-state index contributed by atoms with van der Waals surface area (Å²) in [6.45, 7) is 1.97. The minimum atomic E-state index is -2.38. The lowest BCUT2D eigenvalue weighted by Gasteiger charge is -2.10. The average Bonchev–Trinajstić information content (AvgIpc) is 3.26. The van der Waals surface area contributed by atoms with Crippen LogP contribution in [-0.2, 0) is 25.4 Å². The van der Waals surface area contributed by atoms with Gasteiger partial charge in [0.25, 0.3) is 5.76 Å².